The van der Waals surface area contributed by atoms with E-state index >= 15 is 0 Å². The average molecular weight is 466 g/mol. The molecule has 1 aromatic heterocycles. The van der Waals surface area contributed by atoms with Gasteiger partial charge in [0, 0.05) is 17.1 Å². The van der Waals surface area contributed by atoms with Crippen molar-refractivity contribution in [3.8, 4) is 0 Å². The third kappa shape index (κ3) is 4.80. The summed E-state index contributed by atoms with van der Waals surface area (Å²) < 4.78 is 15.4. The molecule has 0 bridgehead atoms. The fourth-order valence-electron chi connectivity index (χ4n) is 3.82. The topological polar surface area (TPSA) is 71.8 Å². The quantitative estimate of drug-likeness (QED) is 0.338. The molecular weight excluding hydrogens is 437 g/mol. The number of hydrogen-bond acceptors (Lipinski definition) is 5. The van der Waals surface area contributed by atoms with Gasteiger partial charge in [-0.05, 0) is 62.1 Å². The smallest absolute Gasteiger partial charge is 0.255 e. The van der Waals surface area contributed by atoms with Gasteiger partial charge >= 0.3 is 0 Å². The number of amides is 1. The Morgan fingerprint density at radius 3 is 2.67 bits per heavy atom. The maximum absolute atomic E-state index is 13.7. The van der Waals surface area contributed by atoms with Crippen molar-refractivity contribution in [2.75, 3.05) is 16.4 Å². The standard InChI is InChI=1S/C25H28FN5OS/c1-5-6-14-33-25-29-24-27-17(4)21(23(32)28-20-9-7-8-15(2)16(20)3)22(31(24)30-25)18-10-12-19(26)13-11-18/h7-13,22H,5-6,14H2,1-4H3,(H,28,32)(H,27,29,30). The molecule has 0 aliphatic carbocycles. The monoisotopic (exact) mass is 465 g/mol. The van der Waals surface area contributed by atoms with Crippen molar-refractivity contribution >= 4 is 29.3 Å². The molecule has 0 fully saturated rings. The maximum Gasteiger partial charge on any atom is 0.255 e. The number of nitrogens with zero attached hydrogens (tertiary/aromatic N) is 3. The van der Waals surface area contributed by atoms with Crippen molar-refractivity contribution in [1.29, 1.82) is 0 Å². The first-order valence-electron chi connectivity index (χ1n) is 11.1. The lowest BCUT2D eigenvalue weighted by Gasteiger charge is -2.29. The van der Waals surface area contributed by atoms with Gasteiger partial charge in [-0.25, -0.2) is 9.07 Å². The van der Waals surface area contributed by atoms with Crippen molar-refractivity contribution in [3.63, 3.8) is 0 Å². The molecule has 1 atom stereocenters. The molecule has 8 heteroatoms. The first-order valence-corrected chi connectivity index (χ1v) is 12.1. The molecule has 1 unspecified atom stereocenters. The van der Waals surface area contributed by atoms with Gasteiger partial charge in [-0.15, -0.1) is 5.10 Å². The molecular formula is C25H28FN5OS. The number of aromatic nitrogens is 3. The van der Waals surface area contributed by atoms with E-state index in [1.165, 1.54) is 12.1 Å². The minimum absolute atomic E-state index is 0.232. The Labute approximate surface area is 197 Å². The molecule has 0 saturated carbocycles. The number of hydrogen-bond donors (Lipinski definition) is 2. The van der Waals surface area contributed by atoms with Gasteiger partial charge in [0.05, 0.1) is 5.57 Å². The number of carbonyl (C=O) groups is 1. The van der Waals surface area contributed by atoms with E-state index in [1.807, 2.05) is 39.0 Å². The van der Waals surface area contributed by atoms with E-state index in [1.54, 1.807) is 28.6 Å². The predicted octanol–water partition coefficient (Wildman–Crippen LogP) is 5.85. The summed E-state index contributed by atoms with van der Waals surface area (Å²) in [6.45, 7) is 8.00. The Morgan fingerprint density at radius 2 is 1.94 bits per heavy atom. The number of fused-ring (bicyclic) bond motifs is 1. The molecule has 2 N–H and O–H groups in total. The summed E-state index contributed by atoms with van der Waals surface area (Å²) in [5.41, 5.74) is 4.85. The van der Waals surface area contributed by atoms with Crippen molar-refractivity contribution in [1.82, 2.24) is 14.8 Å². The Balaban J connectivity index is 1.73. The number of unbranched alkanes of at least 4 members (excludes halogenated alkanes) is 1. The third-order valence-electron chi connectivity index (χ3n) is 5.85. The Kier molecular flexibility index (Phi) is 6.83. The summed E-state index contributed by atoms with van der Waals surface area (Å²) in [5.74, 6) is 0.936. The average Bonchev–Trinajstić information content (AvgIpc) is 3.19. The Hall–Kier alpha value is -3.13. The van der Waals surface area contributed by atoms with Gasteiger partial charge in [-0.3, -0.25) is 4.79 Å². The van der Waals surface area contributed by atoms with E-state index < -0.39 is 6.04 Å². The van der Waals surface area contributed by atoms with Gasteiger partial charge in [0.1, 0.15) is 11.9 Å². The van der Waals surface area contributed by atoms with Gasteiger partial charge in [0.25, 0.3) is 5.91 Å². The molecule has 1 aliphatic rings. The number of halogens is 1. The summed E-state index contributed by atoms with van der Waals surface area (Å²) in [5, 5.41) is 11.7. The zero-order valence-electron chi connectivity index (χ0n) is 19.3. The molecule has 1 amide bonds. The van der Waals surface area contributed by atoms with Gasteiger partial charge < -0.3 is 10.6 Å². The third-order valence-corrected chi connectivity index (χ3v) is 6.77. The van der Waals surface area contributed by atoms with Crippen LogP contribution in [0.5, 0.6) is 0 Å². The number of benzene rings is 2. The molecule has 2 aromatic carbocycles. The van der Waals surface area contributed by atoms with Crippen molar-refractivity contribution in [2.24, 2.45) is 0 Å². The number of thioether (sulfide) groups is 1. The molecule has 1 aliphatic heterocycles. The highest BCUT2D eigenvalue weighted by atomic mass is 32.2. The fourth-order valence-corrected chi connectivity index (χ4v) is 4.74. The second-order valence-corrected chi connectivity index (χ2v) is 9.25. The molecule has 0 radical (unpaired) electrons. The van der Waals surface area contributed by atoms with Gasteiger partial charge in [-0.2, -0.15) is 4.98 Å². The Morgan fingerprint density at radius 1 is 1.18 bits per heavy atom. The summed E-state index contributed by atoms with van der Waals surface area (Å²) in [6, 6.07) is 11.5. The second-order valence-electron chi connectivity index (χ2n) is 8.18. The van der Waals surface area contributed by atoms with E-state index in [4.69, 9.17) is 5.10 Å². The molecule has 172 valence electrons. The molecule has 33 heavy (non-hydrogen) atoms. The van der Waals surface area contributed by atoms with Gasteiger partial charge in [0.2, 0.25) is 11.1 Å². The van der Waals surface area contributed by atoms with Crippen LogP contribution in [0.4, 0.5) is 16.0 Å². The van der Waals surface area contributed by atoms with E-state index in [-0.39, 0.29) is 11.7 Å². The highest BCUT2D eigenvalue weighted by Gasteiger charge is 2.34. The van der Waals surface area contributed by atoms with E-state index in [2.05, 4.69) is 22.5 Å². The zero-order chi connectivity index (χ0) is 23.5. The highest BCUT2D eigenvalue weighted by Crippen LogP contribution is 2.37. The van der Waals surface area contributed by atoms with E-state index in [9.17, 15) is 9.18 Å². The minimum Gasteiger partial charge on any atom is -0.328 e. The molecule has 3 aromatic rings. The molecule has 4 rings (SSSR count). The van der Waals surface area contributed by atoms with Crippen molar-refractivity contribution < 1.29 is 9.18 Å². The number of carbonyl (C=O) groups excluding carboxylic acids is 1. The van der Waals surface area contributed by atoms with Crippen LogP contribution in [0.2, 0.25) is 0 Å². The highest BCUT2D eigenvalue weighted by molar-refractivity contribution is 7.99. The van der Waals surface area contributed by atoms with E-state index in [0.29, 0.717) is 22.4 Å². The van der Waals surface area contributed by atoms with Gasteiger partial charge in [0.15, 0.2) is 0 Å². The van der Waals surface area contributed by atoms with Crippen LogP contribution in [0.1, 0.15) is 49.4 Å². The van der Waals surface area contributed by atoms with Crippen molar-refractivity contribution in [2.45, 2.75) is 51.7 Å². The number of aryl methyl sites for hydroxylation is 1. The number of nitrogens with one attached hydrogen (secondary N) is 2. The summed E-state index contributed by atoms with van der Waals surface area (Å²) >= 11 is 1.59. The van der Waals surface area contributed by atoms with Crippen LogP contribution in [-0.4, -0.2) is 26.4 Å². The fraction of sp³-hybridized carbons (Fsp3) is 0.320. The van der Waals surface area contributed by atoms with Crippen LogP contribution < -0.4 is 10.6 Å². The summed E-state index contributed by atoms with van der Waals surface area (Å²) in [4.78, 5) is 18.2. The summed E-state index contributed by atoms with van der Waals surface area (Å²) in [7, 11) is 0. The molecule has 6 nitrogen and oxygen atoms in total. The predicted molar refractivity (Wildman–Crippen MR) is 131 cm³/mol. The SMILES string of the molecule is CCCCSc1nc2n(n1)C(c1ccc(F)cc1)C(C(=O)Nc1cccc(C)c1C)=C(C)N2. The van der Waals surface area contributed by atoms with Crippen LogP contribution >= 0.6 is 11.8 Å². The number of rotatable bonds is 7. The van der Waals surface area contributed by atoms with Crippen LogP contribution in [-0.2, 0) is 4.79 Å². The largest absolute Gasteiger partial charge is 0.328 e. The van der Waals surface area contributed by atoms with Crippen LogP contribution in [0.25, 0.3) is 0 Å². The first kappa shape index (κ1) is 23.0. The molecule has 0 spiro atoms. The lowest BCUT2D eigenvalue weighted by atomic mass is 9.95. The van der Waals surface area contributed by atoms with Crippen LogP contribution in [0.3, 0.4) is 0 Å². The number of anilines is 2. The number of allylic oxidation sites excluding steroid dienone is 1. The summed E-state index contributed by atoms with van der Waals surface area (Å²) in [6.07, 6.45) is 2.17. The minimum atomic E-state index is -0.528. The molecule has 0 saturated heterocycles. The second kappa shape index (κ2) is 9.79. The van der Waals surface area contributed by atoms with E-state index in [0.717, 1.165) is 41.0 Å². The Bertz CT molecular complexity index is 1200. The maximum atomic E-state index is 13.7. The van der Waals surface area contributed by atoms with Gasteiger partial charge in [-0.1, -0.05) is 49.4 Å². The van der Waals surface area contributed by atoms with Crippen LogP contribution in [0, 0.1) is 19.7 Å². The van der Waals surface area contributed by atoms with Crippen molar-refractivity contribution in [3.05, 3.63) is 76.2 Å². The van der Waals surface area contributed by atoms with Crippen LogP contribution in [0.15, 0.2) is 58.9 Å². The zero-order valence-corrected chi connectivity index (χ0v) is 20.1. The molecule has 2 heterocycles. The lowest BCUT2D eigenvalue weighted by Crippen LogP contribution is -2.31. The normalized spacial score (nSPS) is 15.2. The lowest BCUT2D eigenvalue weighted by molar-refractivity contribution is -0.113. The first-order chi connectivity index (χ1) is 15.9.